The largest absolute Gasteiger partial charge is 0.291 e. The molecule has 0 aromatic heterocycles. The van der Waals surface area contributed by atoms with Crippen molar-refractivity contribution in [2.75, 3.05) is 5.43 Å². The van der Waals surface area contributed by atoms with E-state index in [2.05, 4.69) is 0 Å². The lowest BCUT2D eigenvalue weighted by atomic mass is 9.97. The number of hydrogen-bond acceptors (Lipinski definition) is 2. The zero-order valence-electron chi connectivity index (χ0n) is 8.87. The van der Waals surface area contributed by atoms with Crippen molar-refractivity contribution in [2.45, 2.75) is 26.2 Å². The summed E-state index contributed by atoms with van der Waals surface area (Å²) >= 11 is 0. The number of anilines is 1. The molecular weight excluding hydrogens is 224 g/mol. The van der Waals surface area contributed by atoms with E-state index in [1.807, 2.05) is 0 Å². The molecule has 0 saturated carbocycles. The van der Waals surface area contributed by atoms with Crippen LogP contribution in [0, 0.1) is 17.5 Å². The highest BCUT2D eigenvalue weighted by molar-refractivity contribution is 5.47. The molecule has 2 nitrogen and oxygen atoms in total. The van der Waals surface area contributed by atoms with E-state index in [-0.39, 0.29) is 5.56 Å². The lowest BCUT2D eigenvalue weighted by molar-refractivity contribution is 0.372. The smallest absolute Gasteiger partial charge is 0.183 e. The predicted molar refractivity (Wildman–Crippen MR) is 52.9 cm³/mol. The van der Waals surface area contributed by atoms with E-state index in [0.717, 1.165) is 5.65 Å². The topological polar surface area (TPSA) is 24.1 Å². The van der Waals surface area contributed by atoms with Crippen molar-refractivity contribution in [3.63, 3.8) is 0 Å². The average molecular weight is 236 g/mol. The van der Waals surface area contributed by atoms with Crippen LogP contribution in [0.25, 0.3) is 0 Å². The first-order chi connectivity index (χ1) is 7.52. The SMILES string of the molecule is CCC(C)c1c(F)cc(NNF)c(F)c1F. The van der Waals surface area contributed by atoms with Crippen LogP contribution in [-0.4, -0.2) is 0 Å². The van der Waals surface area contributed by atoms with Crippen molar-refractivity contribution in [3.8, 4) is 0 Å². The zero-order chi connectivity index (χ0) is 12.3. The van der Waals surface area contributed by atoms with Gasteiger partial charge in [-0.05, 0) is 12.3 Å². The van der Waals surface area contributed by atoms with E-state index >= 15 is 0 Å². The fourth-order valence-corrected chi connectivity index (χ4v) is 1.41. The van der Waals surface area contributed by atoms with Crippen LogP contribution < -0.4 is 11.1 Å². The van der Waals surface area contributed by atoms with Gasteiger partial charge in [-0.25, -0.2) is 13.2 Å². The second-order valence-electron chi connectivity index (χ2n) is 3.48. The molecule has 0 aliphatic carbocycles. The minimum atomic E-state index is -1.30. The van der Waals surface area contributed by atoms with Gasteiger partial charge in [-0.3, -0.25) is 5.43 Å². The normalized spacial score (nSPS) is 12.6. The molecule has 16 heavy (non-hydrogen) atoms. The first-order valence-corrected chi connectivity index (χ1v) is 4.81. The number of halogens is 4. The molecule has 0 aliphatic heterocycles. The Morgan fingerprint density at radius 1 is 1.25 bits per heavy atom. The summed E-state index contributed by atoms with van der Waals surface area (Å²) in [5.74, 6) is -3.93. The quantitative estimate of drug-likeness (QED) is 0.362. The molecule has 1 aromatic rings. The van der Waals surface area contributed by atoms with Crippen LogP contribution in [0.4, 0.5) is 23.3 Å². The van der Waals surface area contributed by atoms with Gasteiger partial charge in [0.05, 0.1) is 5.69 Å². The van der Waals surface area contributed by atoms with Crippen molar-refractivity contribution >= 4 is 5.69 Å². The van der Waals surface area contributed by atoms with Gasteiger partial charge in [0.25, 0.3) is 0 Å². The average Bonchev–Trinajstić information content (AvgIpc) is 2.25. The van der Waals surface area contributed by atoms with Gasteiger partial charge in [-0.15, -0.1) is 4.48 Å². The van der Waals surface area contributed by atoms with Crippen LogP contribution in [0.5, 0.6) is 0 Å². The van der Waals surface area contributed by atoms with Gasteiger partial charge in [0, 0.05) is 11.6 Å². The molecule has 1 atom stereocenters. The molecule has 1 aromatic carbocycles. The Balaban J connectivity index is 3.28. The van der Waals surface area contributed by atoms with E-state index in [4.69, 9.17) is 0 Å². The Morgan fingerprint density at radius 3 is 2.38 bits per heavy atom. The van der Waals surface area contributed by atoms with Crippen molar-refractivity contribution in [2.24, 2.45) is 0 Å². The third kappa shape index (κ3) is 2.27. The van der Waals surface area contributed by atoms with E-state index in [0.29, 0.717) is 12.5 Å². The Kier molecular flexibility index (Phi) is 4.12. The highest BCUT2D eigenvalue weighted by atomic mass is 19.2. The van der Waals surface area contributed by atoms with Crippen molar-refractivity contribution in [3.05, 3.63) is 29.1 Å². The molecule has 1 unspecified atom stereocenters. The summed E-state index contributed by atoms with van der Waals surface area (Å²) in [6.07, 6.45) is 0.474. The summed E-state index contributed by atoms with van der Waals surface area (Å²) < 4.78 is 51.9. The maximum absolute atomic E-state index is 13.5. The van der Waals surface area contributed by atoms with Crippen LogP contribution in [-0.2, 0) is 0 Å². The molecule has 90 valence electrons. The maximum Gasteiger partial charge on any atom is 0.183 e. The Labute approximate surface area is 90.6 Å². The molecule has 6 heteroatoms. The third-order valence-corrected chi connectivity index (χ3v) is 2.48. The molecule has 0 amide bonds. The van der Waals surface area contributed by atoms with Gasteiger partial charge in [0.1, 0.15) is 5.82 Å². The highest BCUT2D eigenvalue weighted by Gasteiger charge is 2.21. The van der Waals surface area contributed by atoms with Crippen LogP contribution in [0.1, 0.15) is 31.7 Å². The van der Waals surface area contributed by atoms with E-state index in [1.165, 1.54) is 0 Å². The molecule has 0 bridgehead atoms. The van der Waals surface area contributed by atoms with Crippen molar-refractivity contribution < 1.29 is 17.7 Å². The fraction of sp³-hybridized carbons (Fsp3) is 0.400. The fourth-order valence-electron chi connectivity index (χ4n) is 1.41. The van der Waals surface area contributed by atoms with Crippen LogP contribution >= 0.6 is 0 Å². The summed E-state index contributed by atoms with van der Waals surface area (Å²) in [6, 6.07) is 0.715. The maximum atomic E-state index is 13.5. The van der Waals surface area contributed by atoms with Crippen LogP contribution in [0.15, 0.2) is 6.07 Å². The lowest BCUT2D eigenvalue weighted by Crippen LogP contribution is -2.14. The van der Waals surface area contributed by atoms with E-state index in [1.54, 1.807) is 19.3 Å². The number of hydrazine groups is 1. The number of rotatable bonds is 4. The van der Waals surface area contributed by atoms with Gasteiger partial charge in [-0.2, -0.15) is 0 Å². The highest BCUT2D eigenvalue weighted by Crippen LogP contribution is 2.30. The summed E-state index contributed by atoms with van der Waals surface area (Å²) in [4.78, 5) is 0. The molecule has 0 fully saturated rings. The molecule has 0 aliphatic rings. The molecule has 0 spiro atoms. The molecule has 0 saturated heterocycles. The van der Waals surface area contributed by atoms with Gasteiger partial charge in [0.2, 0.25) is 0 Å². The molecule has 0 heterocycles. The van der Waals surface area contributed by atoms with Gasteiger partial charge in [-0.1, -0.05) is 19.5 Å². The lowest BCUT2D eigenvalue weighted by Gasteiger charge is -2.14. The van der Waals surface area contributed by atoms with E-state index in [9.17, 15) is 17.7 Å². The first kappa shape index (κ1) is 12.8. The minimum Gasteiger partial charge on any atom is -0.291 e. The number of benzene rings is 1. The van der Waals surface area contributed by atoms with Gasteiger partial charge < -0.3 is 0 Å². The molecule has 1 rings (SSSR count). The van der Waals surface area contributed by atoms with Gasteiger partial charge >= 0.3 is 0 Å². The molecule has 2 N–H and O–H groups in total. The zero-order valence-corrected chi connectivity index (χ0v) is 8.87. The minimum absolute atomic E-state index is 0.315. The monoisotopic (exact) mass is 236 g/mol. The number of nitrogens with one attached hydrogen (secondary N) is 2. The van der Waals surface area contributed by atoms with E-state index < -0.39 is 29.1 Å². The second kappa shape index (κ2) is 5.16. The van der Waals surface area contributed by atoms with Crippen molar-refractivity contribution in [1.82, 2.24) is 5.65 Å². The van der Waals surface area contributed by atoms with Gasteiger partial charge in [0.15, 0.2) is 11.6 Å². The van der Waals surface area contributed by atoms with Crippen molar-refractivity contribution in [1.29, 1.82) is 0 Å². The first-order valence-electron chi connectivity index (χ1n) is 4.81. The Morgan fingerprint density at radius 2 is 1.88 bits per heavy atom. The second-order valence-corrected chi connectivity index (χ2v) is 3.48. The summed E-state index contributed by atoms with van der Waals surface area (Å²) in [6.45, 7) is 3.32. The summed E-state index contributed by atoms with van der Waals surface area (Å²) in [7, 11) is 0. The molecule has 0 radical (unpaired) electrons. The van der Waals surface area contributed by atoms with Crippen LogP contribution in [0.3, 0.4) is 0 Å². The Hall–Kier alpha value is -1.30. The number of hydrogen-bond donors (Lipinski definition) is 2. The summed E-state index contributed by atoms with van der Waals surface area (Å²) in [5, 5.41) is 0. The predicted octanol–water partition coefficient (Wildman–Crippen LogP) is 3.42. The third-order valence-electron chi connectivity index (χ3n) is 2.48. The van der Waals surface area contributed by atoms with Crippen LogP contribution in [0.2, 0.25) is 0 Å². The molecular formula is C10H12F4N2. The Bertz CT molecular complexity index is 382. The standard InChI is InChI=1S/C10H12F4N2/c1-3-5(2)8-6(11)4-7(15-16-14)9(12)10(8)13/h4-5,15-16H,3H2,1-2H3. The summed E-state index contributed by atoms with van der Waals surface area (Å²) in [5.41, 5.74) is 1.67.